The lowest BCUT2D eigenvalue weighted by molar-refractivity contribution is 0.0593. The molecule has 1 saturated heterocycles. The molecule has 1 aliphatic heterocycles. The number of rotatable bonds is 8. The average molecular weight is 400 g/mol. The van der Waals surface area contributed by atoms with Crippen molar-refractivity contribution >= 4 is 11.8 Å². The molecule has 0 radical (unpaired) electrons. The standard InChI is InChI=1S/C21H28N4O4/c1-4-29-19-11-15(5-6-18(19)27-2)14-25(16-7-9-22-10-8-16)20-13-23-17(12-24-20)21(26)28-3/h5-6,11-13,16,22H,4,7-10,14H2,1-3H3. The van der Waals surface area contributed by atoms with Gasteiger partial charge in [0.1, 0.15) is 5.82 Å². The minimum atomic E-state index is -0.492. The summed E-state index contributed by atoms with van der Waals surface area (Å²) in [4.78, 5) is 22.7. The van der Waals surface area contributed by atoms with Crippen molar-refractivity contribution < 1.29 is 19.0 Å². The molecule has 1 N–H and O–H groups in total. The SMILES string of the molecule is CCOc1cc(CN(c2cnc(C(=O)OC)cn2)C2CCNCC2)ccc1OC. The number of ether oxygens (including phenoxy) is 3. The molecule has 1 fully saturated rings. The lowest BCUT2D eigenvalue weighted by Crippen LogP contribution is -2.43. The van der Waals surface area contributed by atoms with Crippen LogP contribution in [0.5, 0.6) is 11.5 Å². The highest BCUT2D eigenvalue weighted by Gasteiger charge is 2.24. The van der Waals surface area contributed by atoms with E-state index in [9.17, 15) is 4.79 Å². The summed E-state index contributed by atoms with van der Waals surface area (Å²) in [5.74, 6) is 1.68. The number of methoxy groups -OCH3 is 2. The molecule has 29 heavy (non-hydrogen) atoms. The van der Waals surface area contributed by atoms with E-state index in [4.69, 9.17) is 14.2 Å². The van der Waals surface area contributed by atoms with Gasteiger partial charge in [0.2, 0.25) is 0 Å². The lowest BCUT2D eigenvalue weighted by Gasteiger charge is -2.35. The number of hydrogen-bond donors (Lipinski definition) is 1. The van der Waals surface area contributed by atoms with Gasteiger partial charge in [0.05, 0.1) is 33.2 Å². The smallest absolute Gasteiger partial charge is 0.358 e. The Kier molecular flexibility index (Phi) is 7.24. The van der Waals surface area contributed by atoms with Crippen molar-refractivity contribution in [3.63, 3.8) is 0 Å². The zero-order valence-electron chi connectivity index (χ0n) is 17.2. The molecule has 0 bridgehead atoms. The Hall–Kier alpha value is -2.87. The van der Waals surface area contributed by atoms with Crippen LogP contribution in [-0.2, 0) is 11.3 Å². The highest BCUT2D eigenvalue weighted by atomic mass is 16.5. The Morgan fingerprint density at radius 3 is 2.59 bits per heavy atom. The summed E-state index contributed by atoms with van der Waals surface area (Å²) in [7, 11) is 2.97. The predicted octanol–water partition coefficient (Wildman–Crippen LogP) is 2.43. The van der Waals surface area contributed by atoms with Gasteiger partial charge in [0.15, 0.2) is 17.2 Å². The third kappa shape index (κ3) is 5.14. The van der Waals surface area contributed by atoms with Crippen LogP contribution in [0.15, 0.2) is 30.6 Å². The first-order valence-electron chi connectivity index (χ1n) is 9.83. The number of piperidine rings is 1. The summed E-state index contributed by atoms with van der Waals surface area (Å²) >= 11 is 0. The summed E-state index contributed by atoms with van der Waals surface area (Å²) in [5.41, 5.74) is 1.29. The second-order valence-electron chi connectivity index (χ2n) is 6.78. The topological polar surface area (TPSA) is 85.8 Å². The molecule has 0 spiro atoms. The fraction of sp³-hybridized carbons (Fsp3) is 0.476. The third-order valence-electron chi connectivity index (χ3n) is 4.96. The summed E-state index contributed by atoms with van der Waals surface area (Å²) in [6, 6.07) is 6.29. The zero-order chi connectivity index (χ0) is 20.6. The molecule has 156 valence electrons. The van der Waals surface area contributed by atoms with Gasteiger partial charge in [-0.25, -0.2) is 14.8 Å². The van der Waals surface area contributed by atoms with Crippen LogP contribution in [0.2, 0.25) is 0 Å². The summed E-state index contributed by atoms with van der Waals surface area (Å²) in [6.45, 7) is 5.09. The van der Waals surface area contributed by atoms with E-state index < -0.39 is 5.97 Å². The predicted molar refractivity (Wildman–Crippen MR) is 110 cm³/mol. The molecule has 1 aromatic heterocycles. The summed E-state index contributed by atoms with van der Waals surface area (Å²) in [6.07, 6.45) is 5.12. The van der Waals surface area contributed by atoms with Crippen LogP contribution in [0.25, 0.3) is 0 Å². The van der Waals surface area contributed by atoms with E-state index in [0.717, 1.165) is 43.1 Å². The number of anilines is 1. The second kappa shape index (κ2) is 10.1. The number of carbonyl (C=O) groups excluding carboxylic acids is 1. The van der Waals surface area contributed by atoms with E-state index in [-0.39, 0.29) is 5.69 Å². The van der Waals surface area contributed by atoms with Crippen LogP contribution in [0.4, 0.5) is 5.82 Å². The van der Waals surface area contributed by atoms with E-state index in [2.05, 4.69) is 20.2 Å². The van der Waals surface area contributed by atoms with Gasteiger partial charge in [-0.05, 0) is 50.6 Å². The molecule has 2 aromatic rings. The number of nitrogens with zero attached hydrogens (tertiary/aromatic N) is 3. The van der Waals surface area contributed by atoms with Crippen LogP contribution in [-0.4, -0.2) is 55.9 Å². The first-order chi connectivity index (χ1) is 14.2. The molecule has 1 aromatic carbocycles. The highest BCUT2D eigenvalue weighted by Crippen LogP contribution is 2.30. The van der Waals surface area contributed by atoms with Crippen molar-refractivity contribution in [3.8, 4) is 11.5 Å². The van der Waals surface area contributed by atoms with Crippen molar-refractivity contribution in [2.45, 2.75) is 32.4 Å². The normalized spacial score (nSPS) is 14.3. The first-order valence-corrected chi connectivity index (χ1v) is 9.83. The van der Waals surface area contributed by atoms with Gasteiger partial charge in [-0.2, -0.15) is 0 Å². The Morgan fingerprint density at radius 1 is 1.17 bits per heavy atom. The van der Waals surface area contributed by atoms with Crippen molar-refractivity contribution in [1.29, 1.82) is 0 Å². The van der Waals surface area contributed by atoms with Crippen molar-refractivity contribution in [1.82, 2.24) is 15.3 Å². The van der Waals surface area contributed by atoms with Crippen molar-refractivity contribution in [2.75, 3.05) is 38.8 Å². The van der Waals surface area contributed by atoms with Gasteiger partial charge in [0, 0.05) is 12.6 Å². The molecule has 2 heterocycles. The number of nitrogens with one attached hydrogen (secondary N) is 1. The summed E-state index contributed by atoms with van der Waals surface area (Å²) < 4.78 is 15.8. The van der Waals surface area contributed by atoms with Gasteiger partial charge < -0.3 is 24.4 Å². The number of carbonyl (C=O) groups is 1. The van der Waals surface area contributed by atoms with Crippen LogP contribution >= 0.6 is 0 Å². The van der Waals surface area contributed by atoms with E-state index in [1.807, 2.05) is 25.1 Å². The van der Waals surface area contributed by atoms with Crippen LogP contribution in [0, 0.1) is 0 Å². The third-order valence-corrected chi connectivity index (χ3v) is 4.96. The Balaban J connectivity index is 1.88. The molecule has 8 heteroatoms. The van der Waals surface area contributed by atoms with Gasteiger partial charge in [-0.3, -0.25) is 0 Å². The van der Waals surface area contributed by atoms with Crippen molar-refractivity contribution in [3.05, 3.63) is 41.9 Å². The van der Waals surface area contributed by atoms with Crippen LogP contribution in [0.3, 0.4) is 0 Å². The minimum absolute atomic E-state index is 0.199. The Labute approximate surface area is 171 Å². The number of benzene rings is 1. The molecular formula is C21H28N4O4. The van der Waals surface area contributed by atoms with E-state index in [1.54, 1.807) is 13.3 Å². The van der Waals surface area contributed by atoms with Crippen LogP contribution in [0.1, 0.15) is 35.8 Å². The van der Waals surface area contributed by atoms with Gasteiger partial charge in [0.25, 0.3) is 0 Å². The first kappa shape index (κ1) is 20.9. The number of hydrogen-bond acceptors (Lipinski definition) is 8. The molecule has 0 unspecified atom stereocenters. The molecule has 0 saturated carbocycles. The summed E-state index contributed by atoms with van der Waals surface area (Å²) in [5, 5.41) is 3.40. The molecule has 8 nitrogen and oxygen atoms in total. The van der Waals surface area contributed by atoms with Gasteiger partial charge >= 0.3 is 5.97 Å². The minimum Gasteiger partial charge on any atom is -0.493 e. The Morgan fingerprint density at radius 2 is 1.97 bits per heavy atom. The maximum atomic E-state index is 11.7. The molecule has 0 atom stereocenters. The highest BCUT2D eigenvalue weighted by molar-refractivity contribution is 5.86. The monoisotopic (exact) mass is 400 g/mol. The quantitative estimate of drug-likeness (QED) is 0.676. The molecule has 1 aliphatic rings. The van der Waals surface area contributed by atoms with E-state index in [0.29, 0.717) is 24.9 Å². The lowest BCUT2D eigenvalue weighted by atomic mass is 10.0. The number of aromatic nitrogens is 2. The van der Waals surface area contributed by atoms with E-state index in [1.165, 1.54) is 13.3 Å². The maximum absolute atomic E-state index is 11.7. The molecule has 3 rings (SSSR count). The molecule has 0 aliphatic carbocycles. The second-order valence-corrected chi connectivity index (χ2v) is 6.78. The Bertz CT molecular complexity index is 807. The molecule has 0 amide bonds. The molecular weight excluding hydrogens is 372 g/mol. The fourth-order valence-corrected chi connectivity index (χ4v) is 3.48. The maximum Gasteiger partial charge on any atom is 0.358 e. The average Bonchev–Trinajstić information content (AvgIpc) is 2.78. The largest absolute Gasteiger partial charge is 0.493 e. The van der Waals surface area contributed by atoms with Crippen LogP contribution < -0.4 is 19.7 Å². The van der Waals surface area contributed by atoms with E-state index >= 15 is 0 Å². The zero-order valence-corrected chi connectivity index (χ0v) is 17.2. The van der Waals surface area contributed by atoms with Gasteiger partial charge in [-0.1, -0.05) is 6.07 Å². The van der Waals surface area contributed by atoms with Gasteiger partial charge in [-0.15, -0.1) is 0 Å². The fourth-order valence-electron chi connectivity index (χ4n) is 3.48. The van der Waals surface area contributed by atoms with Crippen molar-refractivity contribution in [2.24, 2.45) is 0 Å². The number of esters is 1.